The minimum Gasteiger partial charge on any atom is -0.483 e. The highest BCUT2D eigenvalue weighted by atomic mass is 16.5. The van der Waals surface area contributed by atoms with Gasteiger partial charge in [-0.25, -0.2) is 4.99 Å². The van der Waals surface area contributed by atoms with Gasteiger partial charge in [-0.05, 0) is 57.8 Å². The molecular weight excluding hydrogens is 947 g/mol. The second-order valence-corrected chi connectivity index (χ2v) is 17.5. The maximum atomic E-state index is 12.6. The molecule has 1 unspecified atom stereocenters. The smallest absolute Gasteiger partial charge is 0.317 e. The Labute approximate surface area is 410 Å². The number of carbonyl (C=O) groups excluding carboxylic acids is 2. The quantitative estimate of drug-likeness (QED) is 0.0140. The molecule has 0 spiro atoms. The SMILES string of the molecule is CNC(=O)[C@H](CCCC/N=C\OCCCCC1(N(CC(=O)O)CC(=O)O)CN(CC(=O)O)CCN(CC(=O)O)C1)/N=C\OCCCCC1(N(CC(=O)O)CC(=O)O)CN(COC=O)CCN(CC(=O)O)C1. The zero-order valence-electron chi connectivity index (χ0n) is 40.2. The van der Waals surface area contributed by atoms with Gasteiger partial charge in [0.1, 0.15) is 12.8 Å². The number of carboxylic acids is 7. The zero-order chi connectivity index (χ0) is 52.8. The number of unbranched alkanes of at least 4 members (excludes halogenated alkanes) is 3. The average molecular weight is 1020 g/mol. The van der Waals surface area contributed by atoms with Crippen molar-refractivity contribution in [3.63, 3.8) is 0 Å². The predicted molar refractivity (Wildman–Crippen MR) is 248 cm³/mol. The Hall–Kier alpha value is -6.07. The van der Waals surface area contributed by atoms with E-state index in [1.165, 1.54) is 29.6 Å². The summed E-state index contributed by atoms with van der Waals surface area (Å²) in [6.45, 7) is -2.06. The van der Waals surface area contributed by atoms with Crippen molar-refractivity contribution >= 4 is 67.0 Å². The fourth-order valence-electron chi connectivity index (χ4n) is 8.93. The summed E-state index contributed by atoms with van der Waals surface area (Å²) in [6.07, 6.45) is 5.99. The Morgan fingerprint density at radius 2 is 0.972 bits per heavy atom. The first-order chi connectivity index (χ1) is 33.7. The van der Waals surface area contributed by atoms with Gasteiger partial charge in [-0.2, -0.15) is 0 Å². The van der Waals surface area contributed by atoms with E-state index in [9.17, 15) is 78.9 Å². The van der Waals surface area contributed by atoms with Crippen molar-refractivity contribution in [2.24, 2.45) is 9.98 Å². The number of nitrogens with zero attached hydrogens (tertiary/aromatic N) is 8. The van der Waals surface area contributed by atoms with Gasteiger partial charge in [0.25, 0.3) is 6.47 Å². The Morgan fingerprint density at radius 3 is 1.37 bits per heavy atom. The highest BCUT2D eigenvalue weighted by molar-refractivity contribution is 5.82. The normalized spacial score (nSPS) is 18.7. The van der Waals surface area contributed by atoms with Crippen LogP contribution in [0.1, 0.15) is 57.8 Å². The number of carbonyl (C=O) groups is 9. The second kappa shape index (κ2) is 32.7. The third kappa shape index (κ3) is 24.6. The molecule has 2 atom stereocenters. The van der Waals surface area contributed by atoms with E-state index in [4.69, 9.17) is 14.2 Å². The van der Waals surface area contributed by atoms with Crippen LogP contribution in [0.15, 0.2) is 9.98 Å². The monoisotopic (exact) mass is 1020 g/mol. The van der Waals surface area contributed by atoms with Crippen LogP contribution >= 0.6 is 0 Å². The molecule has 28 heteroatoms. The molecule has 8 N–H and O–H groups in total. The first kappa shape index (κ1) is 61.1. The van der Waals surface area contributed by atoms with E-state index in [0.29, 0.717) is 51.5 Å². The number of aliphatic imine (C=N–C) groups is 2. The zero-order valence-corrected chi connectivity index (χ0v) is 40.2. The van der Waals surface area contributed by atoms with E-state index in [0.717, 1.165) is 0 Å². The molecule has 1 amide bonds. The summed E-state index contributed by atoms with van der Waals surface area (Å²) in [5.74, 6) is -8.90. The topological polar surface area (TPSA) is 379 Å². The fourth-order valence-corrected chi connectivity index (χ4v) is 8.93. The Balaban J connectivity index is 1.95. The van der Waals surface area contributed by atoms with Gasteiger partial charge in [0, 0.05) is 77.0 Å². The van der Waals surface area contributed by atoms with E-state index in [2.05, 4.69) is 15.3 Å². The van der Waals surface area contributed by atoms with E-state index in [1.54, 1.807) is 19.6 Å². The van der Waals surface area contributed by atoms with Crippen molar-refractivity contribution in [2.45, 2.75) is 74.9 Å². The van der Waals surface area contributed by atoms with Crippen molar-refractivity contribution in [3.05, 3.63) is 0 Å². The van der Waals surface area contributed by atoms with E-state index < -0.39 is 98.2 Å². The number of likely N-dealkylation sites (N-methyl/N-ethyl adjacent to an activating group) is 1. The summed E-state index contributed by atoms with van der Waals surface area (Å²) in [4.78, 5) is 124. The first-order valence-electron chi connectivity index (χ1n) is 23.1. The van der Waals surface area contributed by atoms with Crippen LogP contribution in [-0.2, 0) is 57.4 Å². The third-order valence-corrected chi connectivity index (χ3v) is 11.9. The van der Waals surface area contributed by atoms with Crippen molar-refractivity contribution in [2.75, 3.05) is 132 Å². The van der Waals surface area contributed by atoms with Crippen LogP contribution < -0.4 is 5.32 Å². The van der Waals surface area contributed by atoms with E-state index in [1.807, 2.05) is 0 Å². The second-order valence-electron chi connectivity index (χ2n) is 17.5. The number of aliphatic carboxylic acids is 7. The predicted octanol–water partition coefficient (Wildman–Crippen LogP) is -2.26. The number of carboxylic acid groups (broad SMARTS) is 7. The number of nitrogens with one attached hydrogen (secondary N) is 1. The van der Waals surface area contributed by atoms with Gasteiger partial charge in [-0.1, -0.05) is 0 Å². The van der Waals surface area contributed by atoms with Crippen LogP contribution in [0.2, 0.25) is 0 Å². The van der Waals surface area contributed by atoms with Gasteiger partial charge < -0.3 is 55.3 Å². The van der Waals surface area contributed by atoms with Crippen LogP contribution in [0.3, 0.4) is 0 Å². The number of ether oxygens (including phenoxy) is 3. The first-order valence-corrected chi connectivity index (χ1v) is 23.1. The molecule has 28 nitrogen and oxygen atoms in total. The highest BCUT2D eigenvalue weighted by Gasteiger charge is 2.45. The summed E-state index contributed by atoms with van der Waals surface area (Å²) in [5.41, 5.74) is -2.39. The molecule has 0 saturated carbocycles. The molecule has 2 fully saturated rings. The molecule has 0 aromatic carbocycles. The van der Waals surface area contributed by atoms with Crippen molar-refractivity contribution in [1.82, 2.24) is 34.7 Å². The van der Waals surface area contributed by atoms with Crippen molar-refractivity contribution in [3.8, 4) is 0 Å². The molecule has 2 saturated heterocycles. The Morgan fingerprint density at radius 1 is 0.563 bits per heavy atom. The van der Waals surface area contributed by atoms with Crippen LogP contribution in [0, 0.1) is 0 Å². The maximum Gasteiger partial charge on any atom is 0.317 e. The number of amides is 1. The molecule has 2 aliphatic rings. The van der Waals surface area contributed by atoms with Crippen LogP contribution in [0.5, 0.6) is 0 Å². The minimum absolute atomic E-state index is 0.00393. The molecule has 0 radical (unpaired) electrons. The number of hydrogen-bond acceptors (Lipinski definition) is 20. The summed E-state index contributed by atoms with van der Waals surface area (Å²) in [5, 5.41) is 70.0. The van der Waals surface area contributed by atoms with Crippen LogP contribution in [-0.4, -0.2) is 281 Å². The minimum atomic E-state index is -1.30. The van der Waals surface area contributed by atoms with Crippen molar-refractivity contribution < 1.29 is 93.1 Å². The van der Waals surface area contributed by atoms with Gasteiger partial charge in [-0.3, -0.25) is 77.5 Å². The lowest BCUT2D eigenvalue weighted by Gasteiger charge is -2.45. The molecule has 0 bridgehead atoms. The Kier molecular flexibility index (Phi) is 28.2. The molecule has 402 valence electrons. The lowest BCUT2D eigenvalue weighted by atomic mass is 9.88. The van der Waals surface area contributed by atoms with Gasteiger partial charge in [0.15, 0.2) is 12.8 Å². The average Bonchev–Trinajstić information content (AvgIpc) is 3.56. The maximum absolute atomic E-state index is 12.6. The largest absolute Gasteiger partial charge is 0.483 e. The molecular formula is C43H71N9O19. The lowest BCUT2D eigenvalue weighted by molar-refractivity contribution is -0.148. The van der Waals surface area contributed by atoms with Gasteiger partial charge in [-0.15, -0.1) is 0 Å². The van der Waals surface area contributed by atoms with Crippen LogP contribution in [0.25, 0.3) is 0 Å². The lowest BCUT2D eigenvalue weighted by Crippen LogP contribution is -2.62. The van der Waals surface area contributed by atoms with E-state index >= 15 is 0 Å². The van der Waals surface area contributed by atoms with Crippen LogP contribution in [0.4, 0.5) is 0 Å². The van der Waals surface area contributed by atoms with Gasteiger partial charge in [0.05, 0.1) is 59.0 Å². The molecule has 2 aliphatic heterocycles. The molecule has 0 aromatic heterocycles. The third-order valence-electron chi connectivity index (χ3n) is 11.9. The van der Waals surface area contributed by atoms with Gasteiger partial charge >= 0.3 is 41.8 Å². The molecule has 0 aliphatic carbocycles. The van der Waals surface area contributed by atoms with E-state index in [-0.39, 0.29) is 104 Å². The number of hydrogen-bond donors (Lipinski definition) is 8. The summed E-state index contributed by atoms with van der Waals surface area (Å²) in [7, 11) is 1.47. The highest BCUT2D eigenvalue weighted by Crippen LogP contribution is 2.30. The summed E-state index contributed by atoms with van der Waals surface area (Å²) >= 11 is 0. The molecule has 0 aromatic rings. The molecule has 2 rings (SSSR count). The Bertz CT molecular complexity index is 1750. The molecule has 71 heavy (non-hydrogen) atoms. The number of rotatable bonds is 38. The molecule has 2 heterocycles. The van der Waals surface area contributed by atoms with Crippen molar-refractivity contribution in [1.29, 1.82) is 0 Å². The van der Waals surface area contributed by atoms with Gasteiger partial charge in [0.2, 0.25) is 5.91 Å². The fraction of sp³-hybridized carbons (Fsp3) is 0.744. The summed E-state index contributed by atoms with van der Waals surface area (Å²) in [6, 6.07) is -0.777. The summed E-state index contributed by atoms with van der Waals surface area (Å²) < 4.78 is 16.1. The standard InChI is InChI=1S/C43H71N9O19/c1-44-41(68)33(46-30-70-17-7-4-10-43(52(23-39(64)65)24-40(66)67)27-49(20-36(58)59)14-15-50(28-43)31-71-32-53)8-2-5-11-45-29-69-16-6-3-9-42(51(21-37(60)61)22-38(62)63)25-47(18-34(54)55)12-13-48(26-42)19-35(56)57/h29-30,32-33H,2-28,31H2,1H3,(H,44,68)(H,54,55)(H,56,57)(H,58,59)(H,60,61)(H,62,63)(H,64,65)(H,66,67)/b45-29-,46-30-/t33-,43?/m0/s1.